The number of nitriles is 1. The normalized spacial score (nSPS) is 25.8. The van der Waals surface area contributed by atoms with Crippen molar-refractivity contribution in [1.82, 2.24) is 20.4 Å². The van der Waals surface area contributed by atoms with E-state index in [0.717, 1.165) is 16.7 Å². The van der Waals surface area contributed by atoms with Crippen LogP contribution < -0.4 is 20.1 Å². The van der Waals surface area contributed by atoms with E-state index in [2.05, 4.69) is 21.6 Å². The Hall–Kier alpha value is -4.45. The third kappa shape index (κ3) is 6.26. The maximum absolute atomic E-state index is 13.7. The summed E-state index contributed by atoms with van der Waals surface area (Å²) in [7, 11) is 5.02. The van der Waals surface area contributed by atoms with E-state index in [1.165, 1.54) is 21.0 Å². The Morgan fingerprint density at radius 1 is 1.12 bits per heavy atom. The highest BCUT2D eigenvalue weighted by Crippen LogP contribution is 2.54. The van der Waals surface area contributed by atoms with Crippen LogP contribution in [0.4, 0.5) is 4.79 Å². The predicted molar refractivity (Wildman–Crippen MR) is 176 cm³/mol. The van der Waals surface area contributed by atoms with E-state index in [1.54, 1.807) is 27.9 Å². The Morgan fingerprint density at radius 2 is 1.82 bits per heavy atom. The number of carbonyl (C=O) groups is 4. The van der Waals surface area contributed by atoms with Gasteiger partial charge in [0.25, 0.3) is 0 Å². The molecule has 2 amide bonds. The van der Waals surface area contributed by atoms with E-state index >= 15 is 0 Å². The summed E-state index contributed by atoms with van der Waals surface area (Å²) in [6, 6.07) is 0.496. The number of Topliss-reactive ketones (excluding diaryl/α,β-unsaturated/α-hetero) is 2. The SMILES string of the molecule is COCOc1c(OC)c(C)cc2c1C1[C@@H]3CC4=C(C(=O)C(=O)C(C)=C4O)C(CNC(=O)C(C)NC(=O)OC(C)(C)C)N3[C@@H](C#N)C(C2)N1C. The fraction of sp³-hybridized carbons (Fsp3) is 0.571. The molecule has 3 N–H and O–H groups in total. The molecule has 1 fully saturated rings. The molecule has 1 saturated heterocycles. The molecule has 5 rings (SSSR count). The fourth-order valence-corrected chi connectivity index (χ4v) is 7.72. The van der Waals surface area contributed by atoms with Gasteiger partial charge in [-0.15, -0.1) is 0 Å². The zero-order chi connectivity index (χ0) is 36.1. The van der Waals surface area contributed by atoms with Crippen LogP contribution in [0.25, 0.3) is 0 Å². The summed E-state index contributed by atoms with van der Waals surface area (Å²) in [6.07, 6.45) is -0.168. The monoisotopic (exact) mass is 679 g/mol. The number of aryl methyl sites for hydroxylation is 1. The molecule has 0 spiro atoms. The van der Waals surface area contributed by atoms with Gasteiger partial charge in [-0.1, -0.05) is 6.07 Å². The lowest BCUT2D eigenvalue weighted by Gasteiger charge is -2.60. The van der Waals surface area contributed by atoms with Crippen molar-refractivity contribution in [2.24, 2.45) is 0 Å². The molecule has 3 heterocycles. The minimum atomic E-state index is -1.01. The van der Waals surface area contributed by atoms with Crippen molar-refractivity contribution in [3.8, 4) is 17.6 Å². The summed E-state index contributed by atoms with van der Waals surface area (Å²) in [6.45, 7) is 9.71. The topological polar surface area (TPSA) is 180 Å². The number of aliphatic hydroxyl groups is 1. The number of carbonyl (C=O) groups excluding carboxylic acids is 4. The maximum atomic E-state index is 13.7. The van der Waals surface area contributed by atoms with E-state index < -0.39 is 59.4 Å². The Balaban J connectivity index is 1.61. The summed E-state index contributed by atoms with van der Waals surface area (Å²) in [5.74, 6) is -1.42. The highest BCUT2D eigenvalue weighted by atomic mass is 16.7. The number of alkyl carbamates (subject to hydrolysis) is 1. The molecule has 14 heteroatoms. The van der Waals surface area contributed by atoms with E-state index in [0.29, 0.717) is 23.5 Å². The van der Waals surface area contributed by atoms with Crippen LogP contribution in [0.5, 0.6) is 11.5 Å². The first-order chi connectivity index (χ1) is 23.1. The van der Waals surface area contributed by atoms with Gasteiger partial charge in [0.1, 0.15) is 23.4 Å². The average molecular weight is 680 g/mol. The number of benzene rings is 1. The van der Waals surface area contributed by atoms with Gasteiger partial charge in [0, 0.05) is 48.0 Å². The largest absolute Gasteiger partial charge is 0.507 e. The second-order valence-corrected chi connectivity index (χ2v) is 14.0. The summed E-state index contributed by atoms with van der Waals surface area (Å²) in [4.78, 5) is 56.6. The van der Waals surface area contributed by atoms with E-state index in [1.807, 2.05) is 24.9 Å². The van der Waals surface area contributed by atoms with E-state index in [4.69, 9.17) is 18.9 Å². The first kappa shape index (κ1) is 35.8. The number of allylic oxidation sites excluding steroid dienone is 2. The van der Waals surface area contributed by atoms with Crippen molar-refractivity contribution in [3.63, 3.8) is 0 Å². The molecule has 4 unspecified atom stereocenters. The number of piperazine rings is 1. The van der Waals surface area contributed by atoms with Gasteiger partial charge >= 0.3 is 6.09 Å². The maximum Gasteiger partial charge on any atom is 0.408 e. The number of ether oxygens (including phenoxy) is 4. The van der Waals surface area contributed by atoms with E-state index in [-0.39, 0.29) is 42.7 Å². The van der Waals surface area contributed by atoms with Gasteiger partial charge in [-0.2, -0.15) is 5.26 Å². The van der Waals surface area contributed by atoms with Gasteiger partial charge in [0.05, 0.1) is 25.3 Å². The van der Waals surface area contributed by atoms with Gasteiger partial charge in [0.2, 0.25) is 17.5 Å². The molecule has 4 aliphatic rings. The zero-order valence-corrected chi connectivity index (χ0v) is 29.4. The number of rotatable bonds is 8. The van der Waals surface area contributed by atoms with Crippen molar-refractivity contribution < 1.29 is 43.2 Å². The summed E-state index contributed by atoms with van der Waals surface area (Å²) < 4.78 is 22.5. The van der Waals surface area contributed by atoms with Crippen LogP contribution in [0.1, 0.15) is 63.8 Å². The minimum Gasteiger partial charge on any atom is -0.507 e. The Labute approximate surface area is 286 Å². The third-order valence-electron chi connectivity index (χ3n) is 9.78. The number of hydrogen-bond donors (Lipinski definition) is 3. The van der Waals surface area contributed by atoms with Crippen molar-refractivity contribution >= 4 is 23.6 Å². The fourth-order valence-electron chi connectivity index (χ4n) is 7.72. The number of amides is 2. The molecule has 1 aromatic carbocycles. The number of hydrogen-bond acceptors (Lipinski definition) is 12. The van der Waals surface area contributed by atoms with Crippen LogP contribution in [0.2, 0.25) is 0 Å². The van der Waals surface area contributed by atoms with Crippen LogP contribution in [0.3, 0.4) is 0 Å². The third-order valence-corrected chi connectivity index (χ3v) is 9.78. The summed E-state index contributed by atoms with van der Waals surface area (Å²) >= 11 is 0. The van der Waals surface area contributed by atoms with Crippen LogP contribution in [0.15, 0.2) is 28.5 Å². The first-order valence-electron chi connectivity index (χ1n) is 16.3. The molecule has 2 bridgehead atoms. The molecule has 0 aromatic heterocycles. The lowest BCUT2D eigenvalue weighted by atomic mass is 9.70. The number of aliphatic hydroxyl groups excluding tert-OH is 1. The Morgan fingerprint density at radius 3 is 2.43 bits per heavy atom. The van der Waals surface area contributed by atoms with Crippen molar-refractivity contribution in [3.05, 3.63) is 45.2 Å². The number of likely N-dealkylation sites (N-methyl/N-ethyl adjacent to an activating group) is 1. The lowest BCUT2D eigenvalue weighted by molar-refractivity contribution is -0.134. The Kier molecular flexibility index (Phi) is 9.84. The quantitative estimate of drug-likeness (QED) is 0.208. The van der Waals surface area contributed by atoms with Gasteiger partial charge < -0.3 is 34.7 Å². The van der Waals surface area contributed by atoms with Gasteiger partial charge in [-0.25, -0.2) is 4.79 Å². The molecule has 1 aromatic rings. The first-order valence-corrected chi connectivity index (χ1v) is 16.3. The van der Waals surface area contributed by atoms with Crippen molar-refractivity contribution in [2.75, 3.05) is 34.6 Å². The van der Waals surface area contributed by atoms with E-state index in [9.17, 15) is 29.5 Å². The standard InChI is InChI=1S/C35H45N5O9/c1-16-10-19-11-21-23(13-36)40-22(27(39(21)7)25(19)32(31(16)47-9)48-15-46-8)12-20-26(30(43)29(42)17(2)28(20)41)24(40)14-37-33(44)18(3)38-34(45)49-35(4,5)6/h10,18,21-24,27,41H,11-12,14-15H2,1-9H3,(H,37,44)(H,38,45)/t18?,21?,22-,23-,24?,27?/m0/s1. The minimum absolute atomic E-state index is 0.0415. The smallest absolute Gasteiger partial charge is 0.408 e. The molecule has 49 heavy (non-hydrogen) atoms. The van der Waals surface area contributed by atoms with Crippen LogP contribution >= 0.6 is 0 Å². The number of nitrogens with one attached hydrogen (secondary N) is 2. The highest BCUT2D eigenvalue weighted by molar-refractivity contribution is 6.50. The molecule has 0 radical (unpaired) electrons. The van der Waals surface area contributed by atoms with Crippen LogP contribution in [-0.2, 0) is 30.3 Å². The average Bonchev–Trinajstić information content (AvgIpc) is 3.03. The number of nitrogens with zero attached hydrogens (tertiary/aromatic N) is 3. The predicted octanol–water partition coefficient (Wildman–Crippen LogP) is 2.54. The van der Waals surface area contributed by atoms with Gasteiger partial charge in [-0.3, -0.25) is 24.2 Å². The number of methoxy groups -OCH3 is 2. The summed E-state index contributed by atoms with van der Waals surface area (Å²) in [5, 5.41) is 27.4. The molecule has 14 nitrogen and oxygen atoms in total. The second kappa shape index (κ2) is 13.5. The van der Waals surface area contributed by atoms with Crippen molar-refractivity contribution in [2.45, 2.75) is 96.2 Å². The molecule has 264 valence electrons. The lowest BCUT2D eigenvalue weighted by Crippen LogP contribution is -2.71. The summed E-state index contributed by atoms with van der Waals surface area (Å²) in [5.41, 5.74) is 2.20. The Bertz CT molecular complexity index is 1690. The van der Waals surface area contributed by atoms with Crippen LogP contribution in [0, 0.1) is 18.3 Å². The van der Waals surface area contributed by atoms with Crippen molar-refractivity contribution in [1.29, 1.82) is 5.26 Å². The number of fused-ring (bicyclic) bond motifs is 6. The van der Waals surface area contributed by atoms with Gasteiger partial charge in [-0.05, 0) is 72.6 Å². The molecule has 3 aliphatic heterocycles. The highest BCUT2D eigenvalue weighted by Gasteiger charge is 2.57. The molecule has 6 atom stereocenters. The van der Waals surface area contributed by atoms with Crippen LogP contribution in [-0.4, -0.2) is 109 Å². The number of ketones is 2. The second-order valence-electron chi connectivity index (χ2n) is 14.0. The molecule has 0 saturated carbocycles. The molecule has 1 aliphatic carbocycles. The molecular formula is C35H45N5O9. The zero-order valence-electron chi connectivity index (χ0n) is 29.4. The van der Waals surface area contributed by atoms with Gasteiger partial charge in [0.15, 0.2) is 18.3 Å². The molecular weight excluding hydrogens is 634 g/mol.